The first-order chi connectivity index (χ1) is 12.5. The summed E-state index contributed by atoms with van der Waals surface area (Å²) in [6.07, 6.45) is 0. The third-order valence-corrected chi connectivity index (χ3v) is 5.56. The van der Waals surface area contributed by atoms with Gasteiger partial charge >= 0.3 is 0 Å². The van der Waals surface area contributed by atoms with Crippen LogP contribution in [0.2, 0.25) is 10.0 Å². The van der Waals surface area contributed by atoms with Crippen molar-refractivity contribution in [3.05, 3.63) is 56.2 Å². The van der Waals surface area contributed by atoms with Gasteiger partial charge in [0.1, 0.15) is 0 Å². The molecule has 2 amide bonds. The van der Waals surface area contributed by atoms with E-state index < -0.39 is 0 Å². The van der Waals surface area contributed by atoms with Crippen LogP contribution in [0.15, 0.2) is 35.0 Å². The lowest BCUT2D eigenvalue weighted by Gasteiger charge is -2.34. The number of amides is 2. The fraction of sp³-hybridized carbons (Fsp3) is 0.333. The van der Waals surface area contributed by atoms with Crippen molar-refractivity contribution in [2.45, 2.75) is 0 Å². The smallest absolute Gasteiger partial charge is 0.254 e. The SMILES string of the molecule is O=C(NCCN1CCN(C(=O)c2ccsc2)CC1)c1cc(Cl)ccc1Cl. The van der Waals surface area contributed by atoms with Crippen molar-refractivity contribution < 1.29 is 9.59 Å². The highest BCUT2D eigenvalue weighted by molar-refractivity contribution is 7.08. The van der Waals surface area contributed by atoms with E-state index in [4.69, 9.17) is 23.2 Å². The molecule has 1 aliphatic rings. The molecule has 0 saturated carbocycles. The van der Waals surface area contributed by atoms with Crippen LogP contribution in [0.3, 0.4) is 0 Å². The molecular weight excluding hydrogens is 393 g/mol. The molecule has 0 unspecified atom stereocenters. The van der Waals surface area contributed by atoms with Gasteiger partial charge in [-0.2, -0.15) is 11.3 Å². The van der Waals surface area contributed by atoms with E-state index in [-0.39, 0.29) is 11.8 Å². The second-order valence-electron chi connectivity index (χ2n) is 6.03. The van der Waals surface area contributed by atoms with Crippen molar-refractivity contribution >= 4 is 46.4 Å². The number of nitrogens with zero attached hydrogens (tertiary/aromatic N) is 2. The second kappa shape index (κ2) is 8.86. The maximum Gasteiger partial charge on any atom is 0.254 e. The van der Waals surface area contributed by atoms with E-state index in [1.807, 2.05) is 21.7 Å². The normalized spacial score (nSPS) is 15.1. The molecule has 3 rings (SSSR count). The number of nitrogens with one attached hydrogen (secondary N) is 1. The fourth-order valence-corrected chi connectivity index (χ4v) is 3.84. The molecule has 0 bridgehead atoms. The molecule has 1 saturated heterocycles. The first-order valence-corrected chi connectivity index (χ1v) is 10.0. The maximum absolute atomic E-state index is 12.3. The van der Waals surface area contributed by atoms with Crippen molar-refractivity contribution in [2.75, 3.05) is 39.3 Å². The van der Waals surface area contributed by atoms with Gasteiger partial charge in [-0.15, -0.1) is 0 Å². The van der Waals surface area contributed by atoms with Gasteiger partial charge < -0.3 is 10.2 Å². The van der Waals surface area contributed by atoms with Gasteiger partial charge in [-0.3, -0.25) is 14.5 Å². The molecular formula is C18H19Cl2N3O2S. The van der Waals surface area contributed by atoms with Gasteiger partial charge in [0, 0.05) is 49.7 Å². The number of rotatable bonds is 5. The van der Waals surface area contributed by atoms with E-state index >= 15 is 0 Å². The second-order valence-corrected chi connectivity index (χ2v) is 7.65. The molecule has 1 N–H and O–H groups in total. The molecule has 1 aromatic heterocycles. The van der Waals surface area contributed by atoms with Gasteiger partial charge in [0.2, 0.25) is 0 Å². The van der Waals surface area contributed by atoms with E-state index in [0.717, 1.165) is 25.2 Å². The summed E-state index contributed by atoms with van der Waals surface area (Å²) in [5.41, 5.74) is 1.14. The zero-order valence-electron chi connectivity index (χ0n) is 14.1. The maximum atomic E-state index is 12.3. The average Bonchev–Trinajstić information content (AvgIpc) is 3.18. The van der Waals surface area contributed by atoms with E-state index in [1.54, 1.807) is 18.2 Å². The Hall–Kier alpha value is -1.60. The molecule has 2 aromatic rings. The first kappa shape index (κ1) is 19.2. The summed E-state index contributed by atoms with van der Waals surface area (Å²) < 4.78 is 0. The Morgan fingerprint density at radius 3 is 2.58 bits per heavy atom. The molecule has 5 nitrogen and oxygen atoms in total. The van der Waals surface area contributed by atoms with Crippen LogP contribution in [-0.2, 0) is 0 Å². The quantitative estimate of drug-likeness (QED) is 0.821. The summed E-state index contributed by atoms with van der Waals surface area (Å²) in [5.74, 6) is -0.140. The number of hydrogen-bond donors (Lipinski definition) is 1. The highest BCUT2D eigenvalue weighted by Crippen LogP contribution is 2.20. The predicted molar refractivity (Wildman–Crippen MR) is 105 cm³/mol. The van der Waals surface area contributed by atoms with Crippen LogP contribution >= 0.6 is 34.5 Å². The summed E-state index contributed by atoms with van der Waals surface area (Å²) in [7, 11) is 0. The van der Waals surface area contributed by atoms with Gasteiger partial charge in [-0.25, -0.2) is 0 Å². The molecule has 1 aliphatic heterocycles. The minimum Gasteiger partial charge on any atom is -0.351 e. The summed E-state index contributed by atoms with van der Waals surface area (Å²) in [5, 5.41) is 7.52. The highest BCUT2D eigenvalue weighted by atomic mass is 35.5. The lowest BCUT2D eigenvalue weighted by Crippen LogP contribution is -2.50. The Labute approximate surface area is 166 Å². The largest absolute Gasteiger partial charge is 0.351 e. The summed E-state index contributed by atoms with van der Waals surface area (Å²) >= 11 is 13.5. The number of piperazine rings is 1. The number of hydrogen-bond acceptors (Lipinski definition) is 4. The molecule has 26 heavy (non-hydrogen) atoms. The highest BCUT2D eigenvalue weighted by Gasteiger charge is 2.22. The minimum atomic E-state index is -0.233. The Morgan fingerprint density at radius 1 is 1.12 bits per heavy atom. The van der Waals surface area contributed by atoms with Gasteiger partial charge in [0.25, 0.3) is 11.8 Å². The van der Waals surface area contributed by atoms with E-state index in [2.05, 4.69) is 10.2 Å². The van der Waals surface area contributed by atoms with Crippen molar-refractivity contribution in [2.24, 2.45) is 0 Å². The number of halogens is 2. The van der Waals surface area contributed by atoms with Crippen molar-refractivity contribution in [3.8, 4) is 0 Å². The lowest BCUT2D eigenvalue weighted by molar-refractivity contribution is 0.0638. The van der Waals surface area contributed by atoms with Crippen LogP contribution < -0.4 is 5.32 Å². The molecule has 0 spiro atoms. The van der Waals surface area contributed by atoms with E-state index in [1.165, 1.54) is 11.3 Å². The fourth-order valence-electron chi connectivity index (χ4n) is 2.84. The van der Waals surface area contributed by atoms with Crippen LogP contribution in [0.25, 0.3) is 0 Å². The summed E-state index contributed by atoms with van der Waals surface area (Å²) in [4.78, 5) is 28.6. The first-order valence-electron chi connectivity index (χ1n) is 8.31. The van der Waals surface area contributed by atoms with Gasteiger partial charge in [0.15, 0.2) is 0 Å². The summed E-state index contributed by atoms with van der Waals surface area (Å²) in [6, 6.07) is 6.68. The average molecular weight is 412 g/mol. The molecule has 8 heteroatoms. The molecule has 0 radical (unpaired) electrons. The van der Waals surface area contributed by atoms with Crippen molar-refractivity contribution in [3.63, 3.8) is 0 Å². The van der Waals surface area contributed by atoms with E-state index in [0.29, 0.717) is 35.2 Å². The molecule has 1 fully saturated rings. The Balaban J connectivity index is 1.42. The van der Waals surface area contributed by atoms with E-state index in [9.17, 15) is 9.59 Å². The molecule has 0 aliphatic carbocycles. The third-order valence-electron chi connectivity index (χ3n) is 4.31. The summed E-state index contributed by atoms with van der Waals surface area (Å²) in [6.45, 7) is 4.23. The van der Waals surface area contributed by atoms with Crippen molar-refractivity contribution in [1.29, 1.82) is 0 Å². The zero-order chi connectivity index (χ0) is 18.5. The molecule has 0 atom stereocenters. The molecule has 1 aromatic carbocycles. The van der Waals surface area contributed by atoms with Crippen LogP contribution in [0.1, 0.15) is 20.7 Å². The van der Waals surface area contributed by atoms with Crippen LogP contribution in [0, 0.1) is 0 Å². The number of benzene rings is 1. The monoisotopic (exact) mass is 411 g/mol. The minimum absolute atomic E-state index is 0.0924. The predicted octanol–water partition coefficient (Wildman–Crippen LogP) is 3.24. The van der Waals surface area contributed by atoms with Crippen LogP contribution in [0.4, 0.5) is 0 Å². The van der Waals surface area contributed by atoms with Gasteiger partial charge in [-0.1, -0.05) is 23.2 Å². The number of carbonyl (C=O) groups excluding carboxylic acids is 2. The number of thiophene rings is 1. The Kier molecular flexibility index (Phi) is 6.53. The van der Waals surface area contributed by atoms with Gasteiger partial charge in [-0.05, 0) is 29.6 Å². The Bertz CT molecular complexity index is 775. The standard InChI is InChI=1S/C18H19Cl2N3O2S/c19-14-1-2-16(20)15(11-14)17(24)21-4-5-22-6-8-23(9-7-22)18(25)13-3-10-26-12-13/h1-3,10-12H,4-9H2,(H,21,24). The molecule has 2 heterocycles. The topological polar surface area (TPSA) is 52.7 Å². The van der Waals surface area contributed by atoms with Crippen LogP contribution in [0.5, 0.6) is 0 Å². The molecule has 138 valence electrons. The van der Waals surface area contributed by atoms with Gasteiger partial charge in [0.05, 0.1) is 16.1 Å². The van der Waals surface area contributed by atoms with Crippen LogP contribution in [-0.4, -0.2) is 60.9 Å². The third kappa shape index (κ3) is 4.76. The zero-order valence-corrected chi connectivity index (χ0v) is 16.4. The lowest BCUT2D eigenvalue weighted by atomic mass is 10.2. The Morgan fingerprint density at radius 2 is 1.88 bits per heavy atom. The number of carbonyl (C=O) groups is 2. The van der Waals surface area contributed by atoms with Crippen molar-refractivity contribution in [1.82, 2.24) is 15.1 Å².